The fourth-order valence-corrected chi connectivity index (χ4v) is 4.34. The van der Waals surface area contributed by atoms with E-state index in [0.29, 0.717) is 32.5 Å². The van der Waals surface area contributed by atoms with Crippen LogP contribution in [0.3, 0.4) is 0 Å². The maximum atomic E-state index is 13.4. The predicted octanol–water partition coefficient (Wildman–Crippen LogP) is 2.50. The van der Waals surface area contributed by atoms with Crippen LogP contribution in [0.15, 0.2) is 24.3 Å². The van der Waals surface area contributed by atoms with E-state index in [1.807, 2.05) is 0 Å². The molecule has 2 saturated heterocycles. The lowest BCUT2D eigenvalue weighted by atomic mass is 9.75. The van der Waals surface area contributed by atoms with Crippen molar-refractivity contribution in [2.45, 2.75) is 55.8 Å². The van der Waals surface area contributed by atoms with Crippen molar-refractivity contribution in [1.82, 2.24) is 9.80 Å². The molecule has 2 aliphatic heterocycles. The van der Waals surface area contributed by atoms with Crippen molar-refractivity contribution >= 4 is 17.7 Å². The van der Waals surface area contributed by atoms with Gasteiger partial charge in [0.25, 0.3) is 0 Å². The standard InChI is InChI=1S/C21H23F3N2O4/c1-25(16-7-8-30-12-16)17(27)10-20(11-18(28)26(19(20)29)15-5-6-15)13-3-2-4-14(9-13)21(22,23)24/h2-4,9,15-16H,5-8,10-12H2,1H3/t16-,20+/m1/s1. The number of ether oxygens (including phenoxy) is 1. The molecule has 0 aromatic heterocycles. The number of imide groups is 1. The second-order valence-corrected chi connectivity index (χ2v) is 8.34. The molecular weight excluding hydrogens is 401 g/mol. The number of carbonyl (C=O) groups excluding carboxylic acids is 3. The van der Waals surface area contributed by atoms with Crippen molar-refractivity contribution < 1.29 is 32.3 Å². The number of likely N-dealkylation sites (N-methyl/N-ethyl adjacent to an activating group) is 1. The van der Waals surface area contributed by atoms with Gasteiger partial charge in [0.05, 0.1) is 23.6 Å². The number of hydrogen-bond acceptors (Lipinski definition) is 4. The Hall–Kier alpha value is -2.42. The Morgan fingerprint density at radius 3 is 2.60 bits per heavy atom. The number of rotatable bonds is 5. The molecular formula is C21H23F3N2O4. The van der Waals surface area contributed by atoms with E-state index in [1.165, 1.54) is 17.0 Å². The van der Waals surface area contributed by atoms with Crippen LogP contribution in [0.25, 0.3) is 0 Å². The van der Waals surface area contributed by atoms with Crippen molar-refractivity contribution in [1.29, 1.82) is 0 Å². The lowest BCUT2D eigenvalue weighted by molar-refractivity contribution is -0.143. The molecule has 3 amide bonds. The molecule has 4 rings (SSSR count). The van der Waals surface area contributed by atoms with Gasteiger partial charge in [-0.05, 0) is 30.9 Å². The van der Waals surface area contributed by atoms with Gasteiger partial charge < -0.3 is 9.64 Å². The number of carbonyl (C=O) groups is 3. The highest BCUT2D eigenvalue weighted by molar-refractivity contribution is 6.11. The summed E-state index contributed by atoms with van der Waals surface area (Å²) in [4.78, 5) is 41.8. The highest BCUT2D eigenvalue weighted by Crippen LogP contribution is 2.45. The minimum Gasteiger partial charge on any atom is -0.379 e. The largest absolute Gasteiger partial charge is 0.416 e. The van der Waals surface area contributed by atoms with Gasteiger partial charge in [0.2, 0.25) is 17.7 Å². The van der Waals surface area contributed by atoms with Gasteiger partial charge in [0.15, 0.2) is 0 Å². The Labute approximate surface area is 172 Å². The van der Waals surface area contributed by atoms with Crippen LogP contribution in [0.2, 0.25) is 0 Å². The summed E-state index contributed by atoms with van der Waals surface area (Å²) in [5.41, 5.74) is -2.47. The fraction of sp³-hybridized carbons (Fsp3) is 0.571. The van der Waals surface area contributed by atoms with Gasteiger partial charge in [-0.25, -0.2) is 0 Å². The van der Waals surface area contributed by atoms with Gasteiger partial charge in [0.1, 0.15) is 0 Å². The van der Waals surface area contributed by atoms with E-state index >= 15 is 0 Å². The SMILES string of the molecule is CN(C(=O)C[C@@]1(c2cccc(C(F)(F)F)c2)CC(=O)N(C2CC2)C1=O)[C@@H]1CCOC1. The quantitative estimate of drug-likeness (QED) is 0.682. The number of hydrogen-bond donors (Lipinski definition) is 0. The lowest BCUT2D eigenvalue weighted by Crippen LogP contribution is -2.45. The van der Waals surface area contributed by atoms with E-state index in [0.717, 1.165) is 17.0 Å². The molecule has 0 N–H and O–H groups in total. The van der Waals surface area contributed by atoms with Crippen LogP contribution in [0.4, 0.5) is 13.2 Å². The smallest absolute Gasteiger partial charge is 0.379 e. The van der Waals surface area contributed by atoms with Gasteiger partial charge in [-0.1, -0.05) is 18.2 Å². The van der Waals surface area contributed by atoms with E-state index in [2.05, 4.69) is 0 Å². The Morgan fingerprint density at radius 2 is 2.00 bits per heavy atom. The third kappa shape index (κ3) is 3.59. The minimum atomic E-state index is -4.60. The molecule has 2 heterocycles. The summed E-state index contributed by atoms with van der Waals surface area (Å²) >= 11 is 0. The van der Waals surface area contributed by atoms with Crippen molar-refractivity contribution in [2.24, 2.45) is 0 Å². The summed E-state index contributed by atoms with van der Waals surface area (Å²) in [6.45, 7) is 0.897. The minimum absolute atomic E-state index is 0.0586. The molecule has 1 aromatic carbocycles. The second-order valence-electron chi connectivity index (χ2n) is 8.34. The van der Waals surface area contributed by atoms with Gasteiger partial charge in [-0.3, -0.25) is 19.3 Å². The molecule has 1 saturated carbocycles. The third-order valence-electron chi connectivity index (χ3n) is 6.30. The van der Waals surface area contributed by atoms with Gasteiger partial charge in [-0.15, -0.1) is 0 Å². The molecule has 1 aliphatic carbocycles. The number of likely N-dealkylation sites (tertiary alicyclic amines) is 1. The second kappa shape index (κ2) is 7.37. The molecule has 0 radical (unpaired) electrons. The van der Waals surface area contributed by atoms with Gasteiger partial charge >= 0.3 is 6.18 Å². The van der Waals surface area contributed by atoms with E-state index < -0.39 is 29.0 Å². The zero-order valence-corrected chi connectivity index (χ0v) is 16.6. The van der Waals surface area contributed by atoms with E-state index in [4.69, 9.17) is 4.74 Å². The maximum absolute atomic E-state index is 13.4. The highest BCUT2D eigenvalue weighted by Gasteiger charge is 2.57. The molecule has 0 unspecified atom stereocenters. The Balaban J connectivity index is 1.72. The third-order valence-corrected chi connectivity index (χ3v) is 6.30. The lowest BCUT2D eigenvalue weighted by Gasteiger charge is -2.31. The van der Waals surface area contributed by atoms with Crippen LogP contribution < -0.4 is 0 Å². The highest BCUT2D eigenvalue weighted by atomic mass is 19.4. The molecule has 3 fully saturated rings. The van der Waals surface area contributed by atoms with Crippen LogP contribution >= 0.6 is 0 Å². The first-order chi connectivity index (χ1) is 14.1. The Bertz CT molecular complexity index is 877. The fourth-order valence-electron chi connectivity index (χ4n) is 4.34. The zero-order valence-electron chi connectivity index (χ0n) is 16.6. The maximum Gasteiger partial charge on any atom is 0.416 e. The summed E-state index contributed by atoms with van der Waals surface area (Å²) in [5, 5.41) is 0. The summed E-state index contributed by atoms with van der Waals surface area (Å²) in [6, 6.07) is 4.07. The molecule has 0 bridgehead atoms. The van der Waals surface area contributed by atoms with Crippen molar-refractivity contribution in [3.8, 4) is 0 Å². The first-order valence-corrected chi connectivity index (χ1v) is 10.0. The van der Waals surface area contributed by atoms with Crippen LogP contribution in [-0.4, -0.2) is 59.9 Å². The van der Waals surface area contributed by atoms with E-state index in [1.54, 1.807) is 7.05 Å². The van der Waals surface area contributed by atoms with E-state index in [9.17, 15) is 27.6 Å². The Kier molecular flexibility index (Phi) is 5.12. The first-order valence-electron chi connectivity index (χ1n) is 10.0. The first kappa shape index (κ1) is 20.8. The zero-order chi connectivity index (χ0) is 21.7. The van der Waals surface area contributed by atoms with Crippen LogP contribution in [0, 0.1) is 0 Å². The van der Waals surface area contributed by atoms with Crippen molar-refractivity contribution in [2.75, 3.05) is 20.3 Å². The average molecular weight is 424 g/mol. The number of alkyl halides is 3. The van der Waals surface area contributed by atoms with Gasteiger partial charge in [-0.2, -0.15) is 13.2 Å². The van der Waals surface area contributed by atoms with Crippen LogP contribution in [-0.2, 0) is 30.7 Å². The Morgan fingerprint density at radius 1 is 1.27 bits per heavy atom. The number of halogens is 3. The average Bonchev–Trinajstić information content (AvgIpc) is 3.29. The summed E-state index contributed by atoms with van der Waals surface area (Å²) in [7, 11) is 1.60. The van der Waals surface area contributed by atoms with Crippen molar-refractivity contribution in [3.05, 3.63) is 35.4 Å². The monoisotopic (exact) mass is 424 g/mol. The molecule has 162 valence electrons. The number of nitrogens with zero attached hydrogens (tertiary/aromatic N) is 2. The molecule has 30 heavy (non-hydrogen) atoms. The molecule has 2 atom stereocenters. The number of amides is 3. The summed E-state index contributed by atoms with van der Waals surface area (Å²) in [5.74, 6) is -1.39. The van der Waals surface area contributed by atoms with Crippen molar-refractivity contribution in [3.63, 3.8) is 0 Å². The topological polar surface area (TPSA) is 66.9 Å². The van der Waals surface area contributed by atoms with Gasteiger partial charge in [0, 0.05) is 32.5 Å². The molecule has 9 heteroatoms. The van der Waals surface area contributed by atoms with Crippen LogP contribution in [0.5, 0.6) is 0 Å². The molecule has 0 spiro atoms. The molecule has 1 aromatic rings. The number of benzene rings is 1. The summed E-state index contributed by atoms with van der Waals surface area (Å²) in [6.07, 6.45) is -3.23. The normalized spacial score (nSPS) is 27.1. The molecule has 6 nitrogen and oxygen atoms in total. The van der Waals surface area contributed by atoms with Crippen LogP contribution in [0.1, 0.15) is 43.2 Å². The van der Waals surface area contributed by atoms with E-state index in [-0.39, 0.29) is 36.4 Å². The predicted molar refractivity (Wildman–Crippen MR) is 99.2 cm³/mol. The summed E-state index contributed by atoms with van der Waals surface area (Å²) < 4.78 is 45.2. The molecule has 3 aliphatic rings.